The lowest BCUT2D eigenvalue weighted by Crippen LogP contribution is -2.35. The molecular formula is C13H20N4O. The van der Waals surface area contributed by atoms with Gasteiger partial charge in [-0.15, -0.1) is 0 Å². The van der Waals surface area contributed by atoms with E-state index in [1.54, 1.807) is 12.3 Å². The van der Waals surface area contributed by atoms with E-state index in [1.165, 1.54) is 0 Å². The first kappa shape index (κ1) is 12.8. The minimum Gasteiger partial charge on any atom is -0.388 e. The number of anilines is 1. The number of carbonyl (C=O) groups excluding carboxylic acids is 1. The summed E-state index contributed by atoms with van der Waals surface area (Å²) >= 11 is 0. The third-order valence-electron chi connectivity index (χ3n) is 3.27. The number of rotatable bonds is 2. The summed E-state index contributed by atoms with van der Waals surface area (Å²) in [5.41, 5.74) is 1.44. The van der Waals surface area contributed by atoms with Crippen molar-refractivity contribution < 1.29 is 4.79 Å². The van der Waals surface area contributed by atoms with Gasteiger partial charge in [0, 0.05) is 38.6 Å². The molecule has 1 N–H and O–H groups in total. The molecule has 1 aromatic rings. The SMILES string of the molecule is CNc1ccnc(C(=O)N2CCCN(C)CC2)c1. The zero-order chi connectivity index (χ0) is 13.0. The molecule has 0 bridgehead atoms. The molecule has 0 saturated carbocycles. The van der Waals surface area contributed by atoms with Gasteiger partial charge in [-0.25, -0.2) is 0 Å². The highest BCUT2D eigenvalue weighted by atomic mass is 16.2. The number of nitrogens with one attached hydrogen (secondary N) is 1. The maximum Gasteiger partial charge on any atom is 0.272 e. The van der Waals surface area contributed by atoms with Crippen LogP contribution in [0.25, 0.3) is 0 Å². The average Bonchev–Trinajstić information content (AvgIpc) is 2.63. The van der Waals surface area contributed by atoms with E-state index in [2.05, 4.69) is 22.2 Å². The van der Waals surface area contributed by atoms with Crippen LogP contribution in [0.3, 0.4) is 0 Å². The first-order valence-corrected chi connectivity index (χ1v) is 6.32. The van der Waals surface area contributed by atoms with Crippen molar-refractivity contribution in [3.8, 4) is 0 Å². The maximum atomic E-state index is 12.3. The zero-order valence-electron chi connectivity index (χ0n) is 11.0. The number of carbonyl (C=O) groups is 1. The van der Waals surface area contributed by atoms with E-state index in [4.69, 9.17) is 0 Å². The van der Waals surface area contributed by atoms with E-state index in [-0.39, 0.29) is 5.91 Å². The van der Waals surface area contributed by atoms with Crippen molar-refractivity contribution in [2.75, 3.05) is 45.6 Å². The van der Waals surface area contributed by atoms with Crippen molar-refractivity contribution >= 4 is 11.6 Å². The molecular weight excluding hydrogens is 228 g/mol. The molecule has 0 spiro atoms. The third kappa shape index (κ3) is 2.98. The lowest BCUT2D eigenvalue weighted by molar-refractivity contribution is 0.0757. The Morgan fingerprint density at radius 1 is 1.33 bits per heavy atom. The molecule has 5 heteroatoms. The summed E-state index contributed by atoms with van der Waals surface area (Å²) in [5, 5.41) is 3.03. The largest absolute Gasteiger partial charge is 0.388 e. The van der Waals surface area contributed by atoms with Crippen molar-refractivity contribution in [3.63, 3.8) is 0 Å². The fraction of sp³-hybridized carbons (Fsp3) is 0.538. The van der Waals surface area contributed by atoms with Gasteiger partial charge in [-0.2, -0.15) is 0 Å². The highest BCUT2D eigenvalue weighted by Crippen LogP contribution is 2.11. The summed E-state index contributed by atoms with van der Waals surface area (Å²) < 4.78 is 0. The number of amides is 1. The van der Waals surface area contributed by atoms with Crippen LogP contribution in [-0.2, 0) is 0 Å². The van der Waals surface area contributed by atoms with Gasteiger partial charge in [-0.05, 0) is 32.1 Å². The molecule has 2 rings (SSSR count). The van der Waals surface area contributed by atoms with Gasteiger partial charge in [0.1, 0.15) is 5.69 Å². The molecule has 1 saturated heterocycles. The second kappa shape index (κ2) is 5.82. The fourth-order valence-corrected chi connectivity index (χ4v) is 2.11. The highest BCUT2D eigenvalue weighted by molar-refractivity contribution is 5.93. The number of aromatic nitrogens is 1. The molecule has 0 atom stereocenters. The number of nitrogens with zero attached hydrogens (tertiary/aromatic N) is 3. The number of hydrogen-bond acceptors (Lipinski definition) is 4. The van der Waals surface area contributed by atoms with E-state index < -0.39 is 0 Å². The summed E-state index contributed by atoms with van der Waals surface area (Å²) in [6, 6.07) is 3.66. The Labute approximate surface area is 108 Å². The van der Waals surface area contributed by atoms with Crippen molar-refractivity contribution in [2.45, 2.75) is 6.42 Å². The van der Waals surface area contributed by atoms with E-state index in [0.29, 0.717) is 5.69 Å². The zero-order valence-corrected chi connectivity index (χ0v) is 11.0. The van der Waals surface area contributed by atoms with Crippen LogP contribution in [0.4, 0.5) is 5.69 Å². The monoisotopic (exact) mass is 248 g/mol. The van der Waals surface area contributed by atoms with Gasteiger partial charge >= 0.3 is 0 Å². The fourth-order valence-electron chi connectivity index (χ4n) is 2.11. The van der Waals surface area contributed by atoms with Crippen LogP contribution in [-0.4, -0.2) is 61.0 Å². The Morgan fingerprint density at radius 2 is 2.17 bits per heavy atom. The Hall–Kier alpha value is -1.62. The summed E-state index contributed by atoms with van der Waals surface area (Å²) in [6.07, 6.45) is 2.69. The first-order chi connectivity index (χ1) is 8.70. The summed E-state index contributed by atoms with van der Waals surface area (Å²) in [7, 11) is 3.93. The normalized spacial score (nSPS) is 17.3. The number of pyridine rings is 1. The van der Waals surface area contributed by atoms with Gasteiger partial charge in [0.25, 0.3) is 5.91 Å². The minimum absolute atomic E-state index is 0.0300. The summed E-state index contributed by atoms with van der Waals surface area (Å²) in [5.74, 6) is 0.0300. The molecule has 2 heterocycles. The second-order valence-electron chi connectivity index (χ2n) is 4.63. The molecule has 0 unspecified atom stereocenters. The predicted octanol–water partition coefficient (Wildman–Crippen LogP) is 0.901. The van der Waals surface area contributed by atoms with Crippen LogP contribution in [0.2, 0.25) is 0 Å². The van der Waals surface area contributed by atoms with Gasteiger partial charge in [-0.3, -0.25) is 9.78 Å². The molecule has 1 amide bonds. The van der Waals surface area contributed by atoms with Crippen molar-refractivity contribution in [3.05, 3.63) is 24.0 Å². The maximum absolute atomic E-state index is 12.3. The van der Waals surface area contributed by atoms with E-state index in [9.17, 15) is 4.79 Å². The summed E-state index contributed by atoms with van der Waals surface area (Å²) in [4.78, 5) is 20.7. The van der Waals surface area contributed by atoms with Crippen molar-refractivity contribution in [2.24, 2.45) is 0 Å². The number of likely N-dealkylation sites (N-methyl/N-ethyl adjacent to an activating group) is 1. The van der Waals surface area contributed by atoms with Crippen LogP contribution >= 0.6 is 0 Å². The molecule has 1 aromatic heterocycles. The van der Waals surface area contributed by atoms with Crippen LogP contribution in [0.15, 0.2) is 18.3 Å². The Bertz CT molecular complexity index is 421. The standard InChI is InChI=1S/C13H20N4O/c1-14-11-4-5-15-12(10-11)13(18)17-7-3-6-16(2)8-9-17/h4-5,10H,3,6-9H2,1-2H3,(H,14,15). The van der Waals surface area contributed by atoms with Gasteiger partial charge < -0.3 is 15.1 Å². The van der Waals surface area contributed by atoms with Gasteiger partial charge in [-0.1, -0.05) is 0 Å². The number of hydrogen-bond donors (Lipinski definition) is 1. The highest BCUT2D eigenvalue weighted by Gasteiger charge is 2.19. The lowest BCUT2D eigenvalue weighted by atomic mass is 10.2. The lowest BCUT2D eigenvalue weighted by Gasteiger charge is -2.20. The first-order valence-electron chi connectivity index (χ1n) is 6.32. The van der Waals surface area contributed by atoms with Crippen molar-refractivity contribution in [1.82, 2.24) is 14.8 Å². The third-order valence-corrected chi connectivity index (χ3v) is 3.27. The smallest absolute Gasteiger partial charge is 0.272 e. The molecule has 1 aliphatic heterocycles. The van der Waals surface area contributed by atoms with Gasteiger partial charge in [0.15, 0.2) is 0 Å². The van der Waals surface area contributed by atoms with Gasteiger partial charge in [0.2, 0.25) is 0 Å². The van der Waals surface area contributed by atoms with Gasteiger partial charge in [0.05, 0.1) is 0 Å². The average molecular weight is 248 g/mol. The topological polar surface area (TPSA) is 48.5 Å². The van der Waals surface area contributed by atoms with Crippen LogP contribution in [0, 0.1) is 0 Å². The summed E-state index contributed by atoms with van der Waals surface area (Å²) in [6.45, 7) is 3.57. The van der Waals surface area contributed by atoms with Crippen LogP contribution < -0.4 is 5.32 Å². The molecule has 0 radical (unpaired) electrons. The predicted molar refractivity (Wildman–Crippen MR) is 71.8 cm³/mol. The molecule has 0 aromatic carbocycles. The van der Waals surface area contributed by atoms with Crippen LogP contribution in [0.5, 0.6) is 0 Å². The van der Waals surface area contributed by atoms with Crippen molar-refractivity contribution in [1.29, 1.82) is 0 Å². The molecule has 1 aliphatic rings. The minimum atomic E-state index is 0.0300. The Kier molecular flexibility index (Phi) is 4.15. The van der Waals surface area contributed by atoms with Crippen LogP contribution in [0.1, 0.15) is 16.9 Å². The Morgan fingerprint density at radius 3 is 2.94 bits per heavy atom. The molecule has 0 aliphatic carbocycles. The second-order valence-corrected chi connectivity index (χ2v) is 4.63. The quantitative estimate of drug-likeness (QED) is 0.845. The van der Waals surface area contributed by atoms with E-state index >= 15 is 0 Å². The Balaban J connectivity index is 2.09. The molecule has 5 nitrogen and oxygen atoms in total. The van der Waals surface area contributed by atoms with E-state index in [0.717, 1.165) is 38.3 Å². The van der Waals surface area contributed by atoms with E-state index in [1.807, 2.05) is 18.0 Å². The molecule has 98 valence electrons. The molecule has 18 heavy (non-hydrogen) atoms. The molecule has 1 fully saturated rings.